The first kappa shape index (κ1) is 11.9. The van der Waals surface area contributed by atoms with Crippen molar-refractivity contribution in [2.75, 3.05) is 19.7 Å². The van der Waals surface area contributed by atoms with E-state index in [4.69, 9.17) is 5.11 Å². The number of amides is 1. The van der Waals surface area contributed by atoms with Gasteiger partial charge in [0.1, 0.15) is 0 Å². The van der Waals surface area contributed by atoms with E-state index in [1.807, 2.05) is 4.90 Å². The van der Waals surface area contributed by atoms with E-state index in [0.29, 0.717) is 11.8 Å². The minimum atomic E-state index is 0.229. The molecule has 1 atom stereocenters. The van der Waals surface area contributed by atoms with Crippen LogP contribution < -0.4 is 0 Å². The molecule has 92 valence electrons. The lowest BCUT2D eigenvalue weighted by atomic mass is 10.0. The van der Waals surface area contributed by atoms with Gasteiger partial charge in [-0.05, 0) is 18.8 Å². The molecule has 1 heterocycles. The van der Waals surface area contributed by atoms with Crippen molar-refractivity contribution in [3.8, 4) is 0 Å². The van der Waals surface area contributed by atoms with Gasteiger partial charge >= 0.3 is 0 Å². The number of aliphatic hydroxyl groups is 1. The zero-order valence-corrected chi connectivity index (χ0v) is 10.0. The number of hydrogen-bond donors (Lipinski definition) is 1. The molecular formula is C13H23NO2. The predicted molar refractivity (Wildman–Crippen MR) is 63.0 cm³/mol. The first-order valence-electron chi connectivity index (χ1n) is 6.68. The Morgan fingerprint density at radius 2 is 1.94 bits per heavy atom. The summed E-state index contributed by atoms with van der Waals surface area (Å²) >= 11 is 0. The summed E-state index contributed by atoms with van der Waals surface area (Å²) < 4.78 is 0. The Labute approximate surface area is 97.8 Å². The number of nitrogens with zero attached hydrogens (tertiary/aromatic N) is 1. The Morgan fingerprint density at radius 3 is 2.56 bits per heavy atom. The Bertz CT molecular complexity index is 236. The fraction of sp³-hybridized carbons (Fsp3) is 0.923. The summed E-state index contributed by atoms with van der Waals surface area (Å²) in [4.78, 5) is 13.8. The standard InChI is InChI=1S/C13H23NO2/c15-10-12-7-8-14(9-12)13(16)6-5-11-3-1-2-4-11/h11-12,15H,1-10H2/t12-/m1/s1. The molecule has 2 rings (SSSR count). The maximum atomic E-state index is 11.9. The highest BCUT2D eigenvalue weighted by atomic mass is 16.3. The molecule has 3 heteroatoms. The zero-order chi connectivity index (χ0) is 11.4. The van der Waals surface area contributed by atoms with Crippen LogP contribution >= 0.6 is 0 Å². The van der Waals surface area contributed by atoms with Gasteiger partial charge < -0.3 is 10.0 Å². The quantitative estimate of drug-likeness (QED) is 0.792. The van der Waals surface area contributed by atoms with Crippen molar-refractivity contribution in [3.63, 3.8) is 0 Å². The van der Waals surface area contributed by atoms with Crippen LogP contribution in [-0.2, 0) is 4.79 Å². The van der Waals surface area contributed by atoms with Crippen LogP contribution in [0.4, 0.5) is 0 Å². The second kappa shape index (κ2) is 5.67. The largest absolute Gasteiger partial charge is 0.396 e. The van der Waals surface area contributed by atoms with Gasteiger partial charge in [0, 0.05) is 32.0 Å². The Hall–Kier alpha value is -0.570. The second-order valence-electron chi connectivity index (χ2n) is 5.37. The average molecular weight is 225 g/mol. The SMILES string of the molecule is O=C(CCC1CCCC1)N1CC[C@@H](CO)C1. The number of aliphatic hydroxyl groups excluding tert-OH is 1. The van der Waals surface area contributed by atoms with Crippen LogP contribution in [0, 0.1) is 11.8 Å². The molecule has 16 heavy (non-hydrogen) atoms. The number of rotatable bonds is 4. The molecule has 0 aromatic carbocycles. The lowest BCUT2D eigenvalue weighted by Crippen LogP contribution is -2.29. The third-order valence-corrected chi connectivity index (χ3v) is 4.14. The summed E-state index contributed by atoms with van der Waals surface area (Å²) in [6.45, 7) is 1.86. The van der Waals surface area contributed by atoms with Crippen LogP contribution in [0.15, 0.2) is 0 Å². The van der Waals surface area contributed by atoms with Gasteiger partial charge in [-0.15, -0.1) is 0 Å². The van der Waals surface area contributed by atoms with Crippen molar-refractivity contribution in [2.45, 2.75) is 44.9 Å². The number of carbonyl (C=O) groups excluding carboxylic acids is 1. The number of carbonyl (C=O) groups is 1. The van der Waals surface area contributed by atoms with E-state index in [-0.39, 0.29) is 6.61 Å². The molecule has 0 aromatic rings. The molecule has 0 spiro atoms. The normalized spacial score (nSPS) is 26.6. The monoisotopic (exact) mass is 225 g/mol. The summed E-state index contributed by atoms with van der Waals surface area (Å²) in [5.41, 5.74) is 0. The summed E-state index contributed by atoms with van der Waals surface area (Å²) in [7, 11) is 0. The molecule has 1 amide bonds. The predicted octanol–water partition coefficient (Wildman–Crippen LogP) is 1.80. The maximum Gasteiger partial charge on any atom is 0.222 e. The van der Waals surface area contributed by atoms with Crippen molar-refractivity contribution in [1.29, 1.82) is 0 Å². The van der Waals surface area contributed by atoms with Crippen molar-refractivity contribution in [1.82, 2.24) is 4.90 Å². The molecule has 1 aliphatic carbocycles. The molecule has 0 bridgehead atoms. The number of hydrogen-bond acceptors (Lipinski definition) is 2. The molecule has 3 nitrogen and oxygen atoms in total. The van der Waals surface area contributed by atoms with Gasteiger partial charge in [0.25, 0.3) is 0 Å². The first-order chi connectivity index (χ1) is 7.79. The van der Waals surface area contributed by atoms with Gasteiger partial charge in [0.2, 0.25) is 5.91 Å². The molecular weight excluding hydrogens is 202 g/mol. The van der Waals surface area contributed by atoms with Crippen LogP contribution in [0.25, 0.3) is 0 Å². The topological polar surface area (TPSA) is 40.5 Å². The van der Waals surface area contributed by atoms with Crippen molar-refractivity contribution in [3.05, 3.63) is 0 Å². The highest BCUT2D eigenvalue weighted by Gasteiger charge is 2.26. The number of likely N-dealkylation sites (tertiary alicyclic amines) is 1. The van der Waals surface area contributed by atoms with Gasteiger partial charge in [-0.3, -0.25) is 4.79 Å². The molecule has 2 aliphatic rings. The Kier molecular flexibility index (Phi) is 4.22. The minimum absolute atomic E-state index is 0.229. The van der Waals surface area contributed by atoms with Crippen LogP contribution in [0.5, 0.6) is 0 Å². The maximum absolute atomic E-state index is 11.9. The van der Waals surface area contributed by atoms with Crippen molar-refractivity contribution < 1.29 is 9.90 Å². The molecule has 1 N–H and O–H groups in total. The van der Waals surface area contributed by atoms with Gasteiger partial charge in [-0.25, -0.2) is 0 Å². The molecule has 0 radical (unpaired) electrons. The molecule has 1 saturated heterocycles. The third-order valence-electron chi connectivity index (χ3n) is 4.14. The fourth-order valence-corrected chi connectivity index (χ4v) is 2.99. The van der Waals surface area contributed by atoms with E-state index in [9.17, 15) is 4.79 Å². The molecule has 0 aromatic heterocycles. The van der Waals surface area contributed by atoms with E-state index < -0.39 is 0 Å². The van der Waals surface area contributed by atoms with Crippen LogP contribution in [-0.4, -0.2) is 35.6 Å². The molecule has 0 unspecified atom stereocenters. The summed E-state index contributed by atoms with van der Waals surface area (Å²) in [5.74, 6) is 1.44. The molecule has 1 aliphatic heterocycles. The smallest absolute Gasteiger partial charge is 0.222 e. The second-order valence-corrected chi connectivity index (χ2v) is 5.37. The van der Waals surface area contributed by atoms with Crippen molar-refractivity contribution in [2.24, 2.45) is 11.8 Å². The highest BCUT2D eigenvalue weighted by Crippen LogP contribution is 2.29. The lowest BCUT2D eigenvalue weighted by Gasteiger charge is -2.17. The third kappa shape index (κ3) is 2.97. The Balaban J connectivity index is 1.67. The van der Waals surface area contributed by atoms with Gasteiger partial charge in [-0.1, -0.05) is 25.7 Å². The van der Waals surface area contributed by atoms with Crippen molar-refractivity contribution >= 4 is 5.91 Å². The van der Waals surface area contributed by atoms with E-state index in [1.54, 1.807) is 0 Å². The summed E-state index contributed by atoms with van der Waals surface area (Å²) in [5, 5.41) is 9.03. The van der Waals surface area contributed by atoms with E-state index in [1.165, 1.54) is 25.7 Å². The first-order valence-corrected chi connectivity index (χ1v) is 6.68. The summed E-state index contributed by atoms with van der Waals surface area (Å²) in [6, 6.07) is 0. The van der Waals surface area contributed by atoms with E-state index in [2.05, 4.69) is 0 Å². The van der Waals surface area contributed by atoms with Crippen LogP contribution in [0.1, 0.15) is 44.9 Å². The average Bonchev–Trinajstić information content (AvgIpc) is 2.96. The van der Waals surface area contributed by atoms with Crippen LogP contribution in [0.3, 0.4) is 0 Å². The Morgan fingerprint density at radius 1 is 1.19 bits per heavy atom. The molecule has 2 fully saturated rings. The van der Waals surface area contributed by atoms with E-state index in [0.717, 1.165) is 38.3 Å². The summed E-state index contributed by atoms with van der Waals surface area (Å²) in [6.07, 6.45) is 8.15. The zero-order valence-electron chi connectivity index (χ0n) is 10.0. The van der Waals surface area contributed by atoms with Gasteiger partial charge in [0.05, 0.1) is 0 Å². The molecule has 1 saturated carbocycles. The minimum Gasteiger partial charge on any atom is -0.396 e. The van der Waals surface area contributed by atoms with Gasteiger partial charge in [-0.2, -0.15) is 0 Å². The van der Waals surface area contributed by atoms with Gasteiger partial charge in [0.15, 0.2) is 0 Å². The highest BCUT2D eigenvalue weighted by molar-refractivity contribution is 5.76. The van der Waals surface area contributed by atoms with E-state index >= 15 is 0 Å². The fourth-order valence-electron chi connectivity index (χ4n) is 2.99. The van der Waals surface area contributed by atoms with Crippen LogP contribution in [0.2, 0.25) is 0 Å². The lowest BCUT2D eigenvalue weighted by molar-refractivity contribution is -0.130.